The highest BCUT2D eigenvalue weighted by Gasteiger charge is 2.02. The topological polar surface area (TPSA) is 50.1 Å². The average Bonchev–Trinajstić information content (AvgIpc) is 2.62. The molecule has 4 heteroatoms. The smallest absolute Gasteiger partial charge is 0.0949 e. The lowest BCUT2D eigenvalue weighted by atomic mass is 10.2. The Balaban J connectivity index is 2.42. The summed E-state index contributed by atoms with van der Waals surface area (Å²) in [5.74, 6) is 0.293. The van der Waals surface area contributed by atoms with Crippen molar-refractivity contribution in [3.05, 3.63) is 18.2 Å². The minimum Gasteiger partial charge on any atom is -0.396 e. The van der Waals surface area contributed by atoms with Gasteiger partial charge < -0.3 is 15.0 Å². The Kier molecular flexibility index (Phi) is 4.62. The normalized spacial score (nSPS) is 13.1. The zero-order chi connectivity index (χ0) is 10.4. The van der Waals surface area contributed by atoms with Gasteiger partial charge in [0.05, 0.1) is 12.0 Å². The van der Waals surface area contributed by atoms with Crippen LogP contribution in [0, 0.1) is 5.92 Å². The number of nitrogens with zero attached hydrogens (tertiary/aromatic N) is 2. The molecule has 0 spiro atoms. The van der Waals surface area contributed by atoms with Crippen molar-refractivity contribution < 1.29 is 5.11 Å². The lowest BCUT2D eigenvalue weighted by Crippen LogP contribution is -2.11. The Bertz CT molecular complexity index is 260. The third-order valence-corrected chi connectivity index (χ3v) is 2.15. The number of aliphatic hydroxyl groups is 1. The van der Waals surface area contributed by atoms with Gasteiger partial charge in [0.15, 0.2) is 0 Å². The summed E-state index contributed by atoms with van der Waals surface area (Å²) in [6.45, 7) is 4.03. The van der Waals surface area contributed by atoms with Crippen LogP contribution in [0.3, 0.4) is 0 Å². The molecule has 1 rings (SSSR count). The van der Waals surface area contributed by atoms with Crippen LogP contribution >= 0.6 is 0 Å². The third kappa shape index (κ3) is 3.47. The second-order valence-corrected chi connectivity index (χ2v) is 3.70. The second-order valence-electron chi connectivity index (χ2n) is 3.70. The van der Waals surface area contributed by atoms with Gasteiger partial charge in [0.2, 0.25) is 0 Å². The molecule has 1 aromatic heterocycles. The Labute approximate surface area is 85.0 Å². The summed E-state index contributed by atoms with van der Waals surface area (Å²) in [5, 5.41) is 12.0. The summed E-state index contributed by atoms with van der Waals surface area (Å²) in [6.07, 6.45) is 4.83. The zero-order valence-corrected chi connectivity index (χ0v) is 8.90. The number of likely N-dealkylation sites (N-methyl/N-ethyl adjacent to an activating group) is 1. The quantitative estimate of drug-likeness (QED) is 0.688. The van der Waals surface area contributed by atoms with Crippen molar-refractivity contribution in [2.45, 2.75) is 19.9 Å². The van der Waals surface area contributed by atoms with E-state index in [1.165, 1.54) is 0 Å². The van der Waals surface area contributed by atoms with Crippen molar-refractivity contribution in [1.82, 2.24) is 14.9 Å². The monoisotopic (exact) mass is 197 g/mol. The Hall–Kier alpha value is -0.870. The predicted octanol–water partition coefficient (Wildman–Crippen LogP) is 0.273. The molecular formula is C10H19N3O. The van der Waals surface area contributed by atoms with E-state index in [0.717, 1.165) is 25.2 Å². The van der Waals surface area contributed by atoms with Gasteiger partial charge in [0.25, 0.3) is 0 Å². The molecule has 4 nitrogen and oxygen atoms in total. The summed E-state index contributed by atoms with van der Waals surface area (Å²) in [7, 11) is 1.94. The van der Waals surface area contributed by atoms with Crippen molar-refractivity contribution in [1.29, 1.82) is 0 Å². The molecule has 0 saturated carbocycles. The molecule has 0 fully saturated rings. The van der Waals surface area contributed by atoms with E-state index in [9.17, 15) is 0 Å². The maximum atomic E-state index is 8.90. The van der Waals surface area contributed by atoms with Gasteiger partial charge in [0.1, 0.15) is 0 Å². The lowest BCUT2D eigenvalue weighted by molar-refractivity contribution is 0.223. The molecule has 0 saturated heterocycles. The minimum atomic E-state index is 0.226. The highest BCUT2D eigenvalue weighted by molar-refractivity contribution is 4.97. The Morgan fingerprint density at radius 3 is 3.07 bits per heavy atom. The summed E-state index contributed by atoms with van der Waals surface area (Å²) in [6, 6.07) is 0. The molecule has 14 heavy (non-hydrogen) atoms. The van der Waals surface area contributed by atoms with Crippen LogP contribution in [0.15, 0.2) is 12.5 Å². The molecule has 1 unspecified atom stereocenters. The average molecular weight is 197 g/mol. The van der Waals surface area contributed by atoms with Gasteiger partial charge in [0, 0.05) is 32.3 Å². The highest BCUT2D eigenvalue weighted by Crippen LogP contribution is 2.02. The zero-order valence-electron chi connectivity index (χ0n) is 8.90. The van der Waals surface area contributed by atoms with Gasteiger partial charge in [-0.05, 0) is 13.0 Å². The van der Waals surface area contributed by atoms with Crippen LogP contribution in [0.4, 0.5) is 0 Å². The second kappa shape index (κ2) is 5.78. The first-order valence-corrected chi connectivity index (χ1v) is 5.02. The molecular weight excluding hydrogens is 178 g/mol. The number of imidazole rings is 1. The molecule has 0 amide bonds. The van der Waals surface area contributed by atoms with E-state index >= 15 is 0 Å². The molecule has 1 atom stereocenters. The highest BCUT2D eigenvalue weighted by atomic mass is 16.3. The maximum Gasteiger partial charge on any atom is 0.0949 e. The lowest BCUT2D eigenvalue weighted by Gasteiger charge is -2.07. The van der Waals surface area contributed by atoms with Crippen LogP contribution in [0.5, 0.6) is 0 Å². The SMILES string of the molecule is CNCCc1cn(CC(C)CO)cn1. The minimum absolute atomic E-state index is 0.226. The number of rotatable bonds is 6. The standard InChI is InChI=1S/C10H19N3O/c1-9(7-14)5-13-6-10(12-8-13)3-4-11-2/h6,8-9,11,14H,3-5,7H2,1-2H3. The van der Waals surface area contributed by atoms with Gasteiger partial charge >= 0.3 is 0 Å². The van der Waals surface area contributed by atoms with Crippen LogP contribution in [-0.4, -0.2) is 34.9 Å². The first-order chi connectivity index (χ1) is 6.76. The van der Waals surface area contributed by atoms with E-state index in [-0.39, 0.29) is 6.61 Å². The van der Waals surface area contributed by atoms with Crippen molar-refractivity contribution in [2.24, 2.45) is 5.92 Å². The summed E-state index contributed by atoms with van der Waals surface area (Å²) in [4.78, 5) is 4.28. The molecule has 0 aromatic carbocycles. The third-order valence-electron chi connectivity index (χ3n) is 2.15. The van der Waals surface area contributed by atoms with Gasteiger partial charge in [-0.15, -0.1) is 0 Å². The van der Waals surface area contributed by atoms with Crippen LogP contribution in [0.25, 0.3) is 0 Å². The molecule has 2 N–H and O–H groups in total. The largest absolute Gasteiger partial charge is 0.396 e. The van der Waals surface area contributed by atoms with Gasteiger partial charge in [-0.1, -0.05) is 6.92 Å². The fourth-order valence-corrected chi connectivity index (χ4v) is 1.31. The van der Waals surface area contributed by atoms with Crippen LogP contribution in [0.2, 0.25) is 0 Å². The van der Waals surface area contributed by atoms with Gasteiger partial charge in [-0.2, -0.15) is 0 Å². The Morgan fingerprint density at radius 1 is 1.64 bits per heavy atom. The number of aliphatic hydroxyl groups excluding tert-OH is 1. The molecule has 0 aliphatic heterocycles. The summed E-state index contributed by atoms with van der Waals surface area (Å²) < 4.78 is 2.03. The number of nitrogens with one attached hydrogen (secondary N) is 1. The van der Waals surface area contributed by atoms with Crippen molar-refractivity contribution in [2.75, 3.05) is 20.2 Å². The van der Waals surface area contributed by atoms with Crippen LogP contribution < -0.4 is 5.32 Å². The van der Waals surface area contributed by atoms with E-state index in [4.69, 9.17) is 5.11 Å². The first kappa shape index (κ1) is 11.2. The van der Waals surface area contributed by atoms with E-state index in [1.807, 2.05) is 31.1 Å². The van der Waals surface area contributed by atoms with Gasteiger partial charge in [-0.3, -0.25) is 0 Å². The van der Waals surface area contributed by atoms with Crippen LogP contribution in [0.1, 0.15) is 12.6 Å². The predicted molar refractivity (Wildman–Crippen MR) is 56.1 cm³/mol. The molecule has 0 aliphatic rings. The summed E-state index contributed by atoms with van der Waals surface area (Å²) >= 11 is 0. The number of aromatic nitrogens is 2. The first-order valence-electron chi connectivity index (χ1n) is 5.02. The summed E-state index contributed by atoms with van der Waals surface area (Å²) in [5.41, 5.74) is 1.10. The molecule has 80 valence electrons. The molecule has 0 radical (unpaired) electrons. The van der Waals surface area contributed by atoms with E-state index in [0.29, 0.717) is 5.92 Å². The van der Waals surface area contributed by atoms with E-state index < -0.39 is 0 Å². The van der Waals surface area contributed by atoms with E-state index in [2.05, 4.69) is 10.3 Å². The molecule has 1 heterocycles. The van der Waals surface area contributed by atoms with E-state index in [1.54, 1.807) is 0 Å². The van der Waals surface area contributed by atoms with Crippen molar-refractivity contribution in [3.63, 3.8) is 0 Å². The number of hydrogen-bond acceptors (Lipinski definition) is 3. The fourth-order valence-electron chi connectivity index (χ4n) is 1.31. The fraction of sp³-hybridized carbons (Fsp3) is 0.700. The van der Waals surface area contributed by atoms with Gasteiger partial charge in [-0.25, -0.2) is 4.98 Å². The maximum absolute atomic E-state index is 8.90. The number of hydrogen-bond donors (Lipinski definition) is 2. The molecule has 1 aromatic rings. The Morgan fingerprint density at radius 2 is 2.43 bits per heavy atom. The van der Waals surface area contributed by atoms with Crippen molar-refractivity contribution in [3.8, 4) is 0 Å². The molecule has 0 aliphatic carbocycles. The van der Waals surface area contributed by atoms with Crippen LogP contribution in [-0.2, 0) is 13.0 Å². The van der Waals surface area contributed by atoms with Crippen molar-refractivity contribution >= 4 is 0 Å². The molecule has 0 bridgehead atoms.